The van der Waals surface area contributed by atoms with E-state index in [-0.39, 0.29) is 23.9 Å². The second-order valence-corrected chi connectivity index (χ2v) is 3.76. The van der Waals surface area contributed by atoms with Gasteiger partial charge in [0, 0.05) is 18.0 Å². The van der Waals surface area contributed by atoms with Crippen molar-refractivity contribution in [2.24, 2.45) is 16.8 Å². The van der Waals surface area contributed by atoms with Gasteiger partial charge in [0.2, 0.25) is 0 Å². The van der Waals surface area contributed by atoms with Crippen LogP contribution in [0.2, 0.25) is 0 Å². The molecule has 18 heavy (non-hydrogen) atoms. The first-order valence-corrected chi connectivity index (χ1v) is 5.16. The summed E-state index contributed by atoms with van der Waals surface area (Å²) < 4.78 is 25.6. The van der Waals surface area contributed by atoms with Crippen LogP contribution in [0.25, 0.3) is 0 Å². The zero-order valence-corrected chi connectivity index (χ0v) is 9.65. The molecule has 98 valence electrons. The van der Waals surface area contributed by atoms with Crippen molar-refractivity contribution in [3.05, 3.63) is 35.4 Å². The molecule has 0 aliphatic rings. The number of rotatable bonds is 4. The number of nitrogens with one attached hydrogen (secondary N) is 1. The Bertz CT molecular complexity index is 477. The van der Waals surface area contributed by atoms with Crippen molar-refractivity contribution in [3.8, 4) is 0 Å². The quantitative estimate of drug-likeness (QED) is 0.326. The maximum Gasteiger partial charge on any atom is 0.251 e. The van der Waals surface area contributed by atoms with Gasteiger partial charge in [-0.05, 0) is 18.2 Å². The van der Waals surface area contributed by atoms with Crippen molar-refractivity contribution in [3.63, 3.8) is 0 Å². The number of halogens is 2. The lowest BCUT2D eigenvalue weighted by atomic mass is 10.1. The summed E-state index contributed by atoms with van der Waals surface area (Å²) in [6, 6.07) is 2.85. The third-order valence-electron chi connectivity index (χ3n) is 2.37. The topological polar surface area (TPSA) is 87.7 Å². The van der Waals surface area contributed by atoms with E-state index in [9.17, 15) is 13.6 Å². The Morgan fingerprint density at radius 3 is 2.72 bits per heavy atom. The van der Waals surface area contributed by atoms with Crippen LogP contribution in [0.1, 0.15) is 17.3 Å². The molecular formula is C11H13F2N3O2. The van der Waals surface area contributed by atoms with Crippen LogP contribution in [0.5, 0.6) is 0 Å². The summed E-state index contributed by atoms with van der Waals surface area (Å²) >= 11 is 0. The highest BCUT2D eigenvalue weighted by Crippen LogP contribution is 2.08. The third kappa shape index (κ3) is 3.41. The smallest absolute Gasteiger partial charge is 0.251 e. The number of hydrogen-bond donors (Lipinski definition) is 3. The first kappa shape index (κ1) is 13.9. The number of hydrogen-bond acceptors (Lipinski definition) is 3. The number of benzene rings is 1. The van der Waals surface area contributed by atoms with E-state index in [1.54, 1.807) is 6.92 Å². The molecule has 1 atom stereocenters. The standard InChI is InChI=1S/C11H13F2N3O2/c1-6(10(14)16-18)5-15-11(17)7-2-3-8(12)9(13)4-7/h2-4,6,18H,5H2,1H3,(H2,14,16)(H,15,17). The molecule has 0 radical (unpaired) electrons. The van der Waals surface area contributed by atoms with E-state index < -0.39 is 17.5 Å². The van der Waals surface area contributed by atoms with Crippen LogP contribution in [0, 0.1) is 17.6 Å². The van der Waals surface area contributed by atoms with Crippen LogP contribution in [0.3, 0.4) is 0 Å². The van der Waals surface area contributed by atoms with E-state index in [1.807, 2.05) is 0 Å². The first-order chi connectivity index (χ1) is 8.45. The molecule has 4 N–H and O–H groups in total. The van der Waals surface area contributed by atoms with Gasteiger partial charge < -0.3 is 16.3 Å². The van der Waals surface area contributed by atoms with Gasteiger partial charge in [0.15, 0.2) is 11.6 Å². The van der Waals surface area contributed by atoms with E-state index in [1.165, 1.54) is 6.07 Å². The second-order valence-electron chi connectivity index (χ2n) is 3.76. The first-order valence-electron chi connectivity index (χ1n) is 5.16. The summed E-state index contributed by atoms with van der Waals surface area (Å²) in [6.07, 6.45) is 0. The van der Waals surface area contributed by atoms with E-state index >= 15 is 0 Å². The normalized spacial score (nSPS) is 13.2. The van der Waals surface area contributed by atoms with Crippen LogP contribution in [0.15, 0.2) is 23.4 Å². The Labute approximate surface area is 102 Å². The van der Waals surface area contributed by atoms with Crippen molar-refractivity contribution in [1.29, 1.82) is 0 Å². The zero-order valence-electron chi connectivity index (χ0n) is 9.65. The molecule has 0 bridgehead atoms. The van der Waals surface area contributed by atoms with Gasteiger partial charge >= 0.3 is 0 Å². The van der Waals surface area contributed by atoms with Gasteiger partial charge in [-0.15, -0.1) is 0 Å². The van der Waals surface area contributed by atoms with Crippen molar-refractivity contribution in [2.45, 2.75) is 6.92 Å². The minimum atomic E-state index is -1.09. The van der Waals surface area contributed by atoms with Crippen LogP contribution in [-0.2, 0) is 0 Å². The summed E-state index contributed by atoms with van der Waals surface area (Å²) in [7, 11) is 0. The molecule has 1 aromatic carbocycles. The van der Waals surface area contributed by atoms with Crippen LogP contribution in [-0.4, -0.2) is 23.5 Å². The van der Waals surface area contributed by atoms with Gasteiger partial charge in [0.05, 0.1) is 0 Å². The number of nitrogens with zero attached hydrogens (tertiary/aromatic N) is 1. The van der Waals surface area contributed by atoms with Crippen molar-refractivity contribution in [2.75, 3.05) is 6.54 Å². The molecular weight excluding hydrogens is 244 g/mol. The number of carbonyl (C=O) groups excluding carboxylic acids is 1. The molecule has 0 saturated carbocycles. The Balaban J connectivity index is 2.63. The zero-order chi connectivity index (χ0) is 13.7. The summed E-state index contributed by atoms with van der Waals surface area (Å²) in [5, 5.41) is 13.7. The Kier molecular flexibility index (Phi) is 4.59. The molecule has 1 unspecified atom stereocenters. The number of nitrogens with two attached hydrogens (primary N) is 1. The van der Waals surface area contributed by atoms with E-state index in [0.29, 0.717) is 0 Å². The fourth-order valence-corrected chi connectivity index (χ4v) is 1.19. The van der Waals surface area contributed by atoms with Gasteiger partial charge in [0.1, 0.15) is 5.84 Å². The lowest BCUT2D eigenvalue weighted by Gasteiger charge is -2.11. The molecule has 0 saturated heterocycles. The highest BCUT2D eigenvalue weighted by Gasteiger charge is 2.12. The molecule has 1 rings (SSSR count). The highest BCUT2D eigenvalue weighted by atomic mass is 19.2. The molecule has 1 amide bonds. The Morgan fingerprint density at radius 2 is 2.17 bits per heavy atom. The molecule has 5 nitrogen and oxygen atoms in total. The second kappa shape index (κ2) is 5.95. The monoisotopic (exact) mass is 257 g/mol. The van der Waals surface area contributed by atoms with Crippen molar-refractivity contribution >= 4 is 11.7 Å². The fraction of sp³-hybridized carbons (Fsp3) is 0.273. The summed E-state index contributed by atoms with van der Waals surface area (Å²) in [4.78, 5) is 11.6. The lowest BCUT2D eigenvalue weighted by molar-refractivity contribution is 0.0950. The fourth-order valence-electron chi connectivity index (χ4n) is 1.19. The average molecular weight is 257 g/mol. The molecule has 0 aliphatic carbocycles. The third-order valence-corrected chi connectivity index (χ3v) is 2.37. The predicted octanol–water partition coefficient (Wildman–Crippen LogP) is 1.08. The lowest BCUT2D eigenvalue weighted by Crippen LogP contribution is -2.34. The van der Waals surface area contributed by atoms with Gasteiger partial charge in [-0.3, -0.25) is 4.79 Å². The van der Waals surface area contributed by atoms with Gasteiger partial charge in [-0.2, -0.15) is 0 Å². The maximum atomic E-state index is 12.9. The Hall–Kier alpha value is -2.18. The molecule has 0 heterocycles. The average Bonchev–Trinajstić information content (AvgIpc) is 2.37. The molecule has 0 spiro atoms. The number of carbonyl (C=O) groups is 1. The molecule has 1 aromatic rings. The summed E-state index contributed by atoms with van der Waals surface area (Å²) in [5.74, 6) is -3.07. The van der Waals surface area contributed by atoms with Crippen LogP contribution in [0.4, 0.5) is 8.78 Å². The van der Waals surface area contributed by atoms with Gasteiger partial charge in [-0.25, -0.2) is 8.78 Å². The largest absolute Gasteiger partial charge is 0.409 e. The minimum Gasteiger partial charge on any atom is -0.409 e. The Morgan fingerprint density at radius 1 is 1.50 bits per heavy atom. The molecule has 0 fully saturated rings. The molecule has 0 aromatic heterocycles. The minimum absolute atomic E-state index is 0.000564. The molecule has 0 aliphatic heterocycles. The summed E-state index contributed by atoms with van der Waals surface area (Å²) in [5.41, 5.74) is 5.33. The van der Waals surface area contributed by atoms with Crippen LogP contribution >= 0.6 is 0 Å². The van der Waals surface area contributed by atoms with Crippen molar-refractivity contribution < 1.29 is 18.8 Å². The van der Waals surface area contributed by atoms with Crippen molar-refractivity contribution in [1.82, 2.24) is 5.32 Å². The van der Waals surface area contributed by atoms with E-state index in [4.69, 9.17) is 10.9 Å². The number of amidine groups is 1. The highest BCUT2D eigenvalue weighted by molar-refractivity contribution is 5.94. The van der Waals surface area contributed by atoms with Gasteiger partial charge in [0.25, 0.3) is 5.91 Å². The van der Waals surface area contributed by atoms with E-state index in [0.717, 1.165) is 12.1 Å². The van der Waals surface area contributed by atoms with Gasteiger partial charge in [-0.1, -0.05) is 12.1 Å². The summed E-state index contributed by atoms with van der Waals surface area (Å²) in [6.45, 7) is 1.76. The predicted molar refractivity (Wildman–Crippen MR) is 61.3 cm³/mol. The SMILES string of the molecule is CC(CNC(=O)c1ccc(F)c(F)c1)/C(N)=N/O. The number of amides is 1. The molecule has 7 heteroatoms. The maximum absolute atomic E-state index is 12.9. The number of oxime groups is 1. The van der Waals surface area contributed by atoms with E-state index in [2.05, 4.69) is 10.5 Å². The van der Waals surface area contributed by atoms with Crippen LogP contribution < -0.4 is 11.1 Å².